The lowest BCUT2D eigenvalue weighted by Crippen LogP contribution is -2.33. The van der Waals surface area contributed by atoms with Gasteiger partial charge in [0.15, 0.2) is 0 Å². The van der Waals surface area contributed by atoms with Gasteiger partial charge < -0.3 is 10.1 Å². The van der Waals surface area contributed by atoms with Gasteiger partial charge in [-0.15, -0.1) is 0 Å². The molecule has 1 N–H and O–H groups in total. The normalized spacial score (nSPS) is 11.9. The van der Waals surface area contributed by atoms with Crippen molar-refractivity contribution in [2.75, 3.05) is 19.5 Å². The van der Waals surface area contributed by atoms with E-state index in [4.69, 9.17) is 4.74 Å². The summed E-state index contributed by atoms with van der Waals surface area (Å²) >= 11 is 0. The summed E-state index contributed by atoms with van der Waals surface area (Å²) in [6, 6.07) is 13.3. The van der Waals surface area contributed by atoms with Crippen molar-refractivity contribution >= 4 is 27.7 Å². The second kappa shape index (κ2) is 8.83. The molecule has 0 unspecified atom stereocenters. The highest BCUT2D eigenvalue weighted by atomic mass is 32.2. The van der Waals surface area contributed by atoms with Gasteiger partial charge in [0.2, 0.25) is 15.9 Å². The molecule has 6 nitrogen and oxygen atoms in total. The lowest BCUT2D eigenvalue weighted by Gasteiger charge is -2.21. The molecule has 0 atom stereocenters. The van der Waals surface area contributed by atoms with Crippen LogP contribution in [0.2, 0.25) is 0 Å². The third kappa shape index (κ3) is 5.42. The highest BCUT2D eigenvalue weighted by Crippen LogP contribution is 2.19. The van der Waals surface area contributed by atoms with Crippen LogP contribution in [0.1, 0.15) is 19.4 Å². The van der Waals surface area contributed by atoms with Crippen molar-refractivity contribution in [1.29, 1.82) is 0 Å². The number of sulfonamides is 1. The lowest BCUT2D eigenvalue weighted by atomic mass is 10.2. The molecular formula is C20H24N2O4S. The Kier molecular flexibility index (Phi) is 6.76. The fraction of sp³-hybridized carbons (Fsp3) is 0.250. The molecule has 0 saturated heterocycles. The van der Waals surface area contributed by atoms with Crippen molar-refractivity contribution in [2.45, 2.75) is 24.8 Å². The highest BCUT2D eigenvalue weighted by Gasteiger charge is 2.22. The molecule has 0 aromatic heterocycles. The summed E-state index contributed by atoms with van der Waals surface area (Å²) in [6.07, 6.45) is 3.10. The first kappa shape index (κ1) is 20.7. The van der Waals surface area contributed by atoms with Gasteiger partial charge in [-0.1, -0.05) is 12.1 Å². The van der Waals surface area contributed by atoms with E-state index >= 15 is 0 Å². The molecule has 2 aromatic rings. The molecule has 27 heavy (non-hydrogen) atoms. The summed E-state index contributed by atoms with van der Waals surface area (Å²) in [6.45, 7) is 3.61. The SMILES string of the molecule is COc1ccc(/C=C/C(=O)Nc2ccc(S(=O)(=O)N(C)C(C)C)cc2)cc1. The molecule has 0 aliphatic rings. The molecule has 0 saturated carbocycles. The highest BCUT2D eigenvalue weighted by molar-refractivity contribution is 7.89. The Morgan fingerprint density at radius 2 is 1.67 bits per heavy atom. The van der Waals surface area contributed by atoms with E-state index < -0.39 is 10.0 Å². The summed E-state index contributed by atoms with van der Waals surface area (Å²) < 4.78 is 31.3. The third-order valence-corrected chi connectivity index (χ3v) is 6.12. The molecule has 0 fully saturated rings. The summed E-state index contributed by atoms with van der Waals surface area (Å²) in [5.41, 5.74) is 1.38. The summed E-state index contributed by atoms with van der Waals surface area (Å²) in [4.78, 5) is 12.2. The maximum Gasteiger partial charge on any atom is 0.248 e. The van der Waals surface area contributed by atoms with Gasteiger partial charge in [-0.3, -0.25) is 4.79 Å². The third-order valence-electron chi connectivity index (χ3n) is 4.07. The van der Waals surface area contributed by atoms with Gasteiger partial charge in [-0.05, 0) is 61.9 Å². The maximum absolute atomic E-state index is 12.4. The first-order valence-corrected chi connectivity index (χ1v) is 9.89. The van der Waals surface area contributed by atoms with Crippen LogP contribution in [0, 0.1) is 0 Å². The molecule has 0 aliphatic heterocycles. The number of carbonyl (C=O) groups excluding carboxylic acids is 1. The van der Waals surface area contributed by atoms with Crippen molar-refractivity contribution in [2.24, 2.45) is 0 Å². The number of nitrogens with one attached hydrogen (secondary N) is 1. The average molecular weight is 388 g/mol. The largest absolute Gasteiger partial charge is 0.497 e. The van der Waals surface area contributed by atoms with E-state index in [-0.39, 0.29) is 16.8 Å². The summed E-state index contributed by atoms with van der Waals surface area (Å²) in [7, 11) is -0.405. The number of methoxy groups -OCH3 is 1. The van der Waals surface area contributed by atoms with Gasteiger partial charge in [0.25, 0.3) is 0 Å². The molecule has 0 bridgehead atoms. The second-order valence-corrected chi connectivity index (χ2v) is 8.23. The fourth-order valence-electron chi connectivity index (χ4n) is 2.22. The lowest BCUT2D eigenvalue weighted by molar-refractivity contribution is -0.111. The number of anilines is 1. The van der Waals surface area contributed by atoms with Crippen molar-refractivity contribution < 1.29 is 17.9 Å². The molecule has 0 radical (unpaired) electrons. The fourth-order valence-corrected chi connectivity index (χ4v) is 3.59. The minimum Gasteiger partial charge on any atom is -0.497 e. The topological polar surface area (TPSA) is 75.7 Å². The van der Waals surface area contributed by atoms with Crippen LogP contribution in [0.5, 0.6) is 5.75 Å². The van der Waals surface area contributed by atoms with E-state index in [1.165, 1.54) is 22.5 Å². The number of amides is 1. The van der Waals surface area contributed by atoms with E-state index in [0.717, 1.165) is 11.3 Å². The Hall–Kier alpha value is -2.64. The molecular weight excluding hydrogens is 364 g/mol. The summed E-state index contributed by atoms with van der Waals surface area (Å²) in [5.74, 6) is 0.440. The van der Waals surface area contributed by atoms with E-state index in [1.807, 2.05) is 24.3 Å². The number of hydrogen-bond acceptors (Lipinski definition) is 4. The van der Waals surface area contributed by atoms with Crippen LogP contribution in [0.3, 0.4) is 0 Å². The van der Waals surface area contributed by atoms with Crippen LogP contribution in [0.25, 0.3) is 6.08 Å². The van der Waals surface area contributed by atoms with Crippen molar-refractivity contribution in [3.8, 4) is 5.75 Å². The van der Waals surface area contributed by atoms with Crippen LogP contribution >= 0.6 is 0 Å². The number of ether oxygens (including phenoxy) is 1. The van der Waals surface area contributed by atoms with Gasteiger partial charge in [-0.2, -0.15) is 4.31 Å². The Morgan fingerprint density at radius 1 is 1.07 bits per heavy atom. The van der Waals surface area contributed by atoms with Gasteiger partial charge in [0.05, 0.1) is 12.0 Å². The Labute approximate surface area is 160 Å². The number of benzene rings is 2. The molecule has 2 rings (SSSR count). The molecule has 0 heterocycles. The number of rotatable bonds is 7. The summed E-state index contributed by atoms with van der Waals surface area (Å²) in [5, 5.41) is 2.71. The van der Waals surface area contributed by atoms with Crippen LogP contribution in [0.15, 0.2) is 59.5 Å². The smallest absolute Gasteiger partial charge is 0.248 e. The van der Waals surface area contributed by atoms with Crippen LogP contribution < -0.4 is 10.1 Å². The van der Waals surface area contributed by atoms with E-state index in [2.05, 4.69) is 5.32 Å². The van der Waals surface area contributed by atoms with E-state index in [0.29, 0.717) is 5.69 Å². The quantitative estimate of drug-likeness (QED) is 0.738. The predicted molar refractivity (Wildman–Crippen MR) is 107 cm³/mol. The molecule has 1 amide bonds. The number of hydrogen-bond donors (Lipinski definition) is 1. The van der Waals surface area contributed by atoms with Crippen molar-refractivity contribution in [3.05, 3.63) is 60.2 Å². The first-order valence-electron chi connectivity index (χ1n) is 8.45. The Balaban J connectivity index is 2.03. The zero-order valence-electron chi connectivity index (χ0n) is 15.8. The molecule has 7 heteroatoms. The first-order chi connectivity index (χ1) is 12.7. The second-order valence-electron chi connectivity index (χ2n) is 6.24. The van der Waals surface area contributed by atoms with E-state index in [9.17, 15) is 13.2 Å². The monoisotopic (exact) mass is 388 g/mol. The minimum absolute atomic E-state index is 0.141. The Morgan fingerprint density at radius 3 is 2.19 bits per heavy atom. The zero-order valence-corrected chi connectivity index (χ0v) is 16.7. The number of carbonyl (C=O) groups is 1. The van der Waals surface area contributed by atoms with Crippen LogP contribution in [0.4, 0.5) is 5.69 Å². The number of nitrogens with zero attached hydrogens (tertiary/aromatic N) is 1. The molecule has 0 aliphatic carbocycles. The predicted octanol–water partition coefficient (Wildman–Crippen LogP) is 3.38. The standard InChI is InChI=1S/C20H24N2O4S/c1-15(2)22(3)27(24,25)19-12-8-17(9-13-19)21-20(23)14-7-16-5-10-18(26-4)11-6-16/h5-15H,1-4H3,(H,21,23)/b14-7+. The van der Waals surface area contributed by atoms with E-state index in [1.54, 1.807) is 46.2 Å². The van der Waals surface area contributed by atoms with Crippen molar-refractivity contribution in [1.82, 2.24) is 4.31 Å². The average Bonchev–Trinajstić information content (AvgIpc) is 2.66. The molecule has 2 aromatic carbocycles. The molecule has 144 valence electrons. The van der Waals surface area contributed by atoms with Crippen LogP contribution in [-0.4, -0.2) is 38.8 Å². The van der Waals surface area contributed by atoms with Crippen LogP contribution in [-0.2, 0) is 14.8 Å². The van der Waals surface area contributed by atoms with Gasteiger partial charge >= 0.3 is 0 Å². The van der Waals surface area contributed by atoms with Gasteiger partial charge in [0.1, 0.15) is 5.75 Å². The Bertz CT molecular complexity index is 902. The zero-order chi connectivity index (χ0) is 20.0. The minimum atomic E-state index is -3.54. The molecule has 0 spiro atoms. The maximum atomic E-state index is 12.4. The van der Waals surface area contributed by atoms with Crippen molar-refractivity contribution in [3.63, 3.8) is 0 Å². The van der Waals surface area contributed by atoms with Gasteiger partial charge in [0, 0.05) is 24.9 Å². The van der Waals surface area contributed by atoms with Gasteiger partial charge in [-0.25, -0.2) is 8.42 Å².